The van der Waals surface area contributed by atoms with Gasteiger partial charge in [0.2, 0.25) is 0 Å². The van der Waals surface area contributed by atoms with Gasteiger partial charge in [-0.3, -0.25) is 4.72 Å². The van der Waals surface area contributed by atoms with Crippen molar-refractivity contribution in [2.45, 2.75) is 4.90 Å². The first-order chi connectivity index (χ1) is 8.92. The van der Waals surface area contributed by atoms with E-state index in [-0.39, 0.29) is 25.8 Å². The topological polar surface area (TPSA) is 59.1 Å². The van der Waals surface area contributed by atoms with E-state index in [1.165, 1.54) is 24.4 Å². The molecule has 0 saturated heterocycles. The molecule has 4 nitrogen and oxygen atoms in total. The molecule has 0 unspecified atom stereocenters. The van der Waals surface area contributed by atoms with Gasteiger partial charge in [-0.05, 0) is 24.3 Å². The number of nitrogens with zero attached hydrogens (tertiary/aromatic N) is 1. The van der Waals surface area contributed by atoms with Crippen LogP contribution in [0.2, 0.25) is 15.1 Å². The van der Waals surface area contributed by atoms with E-state index in [0.717, 1.165) is 0 Å². The van der Waals surface area contributed by atoms with Crippen molar-refractivity contribution in [3.63, 3.8) is 0 Å². The number of rotatable bonds is 3. The molecule has 100 valence electrons. The van der Waals surface area contributed by atoms with E-state index in [1.807, 2.05) is 0 Å². The van der Waals surface area contributed by atoms with E-state index < -0.39 is 10.0 Å². The van der Waals surface area contributed by atoms with Crippen molar-refractivity contribution in [2.75, 3.05) is 4.72 Å². The molecule has 1 aromatic heterocycles. The monoisotopic (exact) mass is 336 g/mol. The zero-order valence-corrected chi connectivity index (χ0v) is 12.4. The molecule has 0 aliphatic rings. The molecule has 2 rings (SSSR count). The minimum Gasteiger partial charge on any atom is -0.263 e. The summed E-state index contributed by atoms with van der Waals surface area (Å²) in [7, 11) is -3.87. The van der Waals surface area contributed by atoms with Crippen molar-refractivity contribution in [1.29, 1.82) is 0 Å². The van der Waals surface area contributed by atoms with Crippen molar-refractivity contribution in [3.05, 3.63) is 51.6 Å². The number of benzene rings is 1. The van der Waals surface area contributed by atoms with E-state index in [9.17, 15) is 8.42 Å². The van der Waals surface area contributed by atoms with Gasteiger partial charge in [0.25, 0.3) is 10.0 Å². The summed E-state index contributed by atoms with van der Waals surface area (Å²) in [5, 5.41) is 0.0493. The van der Waals surface area contributed by atoms with Crippen LogP contribution in [0.25, 0.3) is 0 Å². The predicted octanol–water partition coefficient (Wildman–Crippen LogP) is 3.84. The Morgan fingerprint density at radius 2 is 1.74 bits per heavy atom. The number of hydrogen-bond acceptors (Lipinski definition) is 3. The number of pyridine rings is 1. The standard InChI is InChI=1S/C11H7Cl3N2O2S/c12-7-4-5-8(11(14)10(7)13)19(17,18)16-9-3-1-2-6-15-9/h1-6H,(H,15,16). The van der Waals surface area contributed by atoms with E-state index in [2.05, 4.69) is 9.71 Å². The summed E-state index contributed by atoms with van der Waals surface area (Å²) < 4.78 is 26.6. The smallest absolute Gasteiger partial charge is 0.263 e. The molecule has 0 radical (unpaired) electrons. The van der Waals surface area contributed by atoms with Gasteiger partial charge < -0.3 is 0 Å². The van der Waals surface area contributed by atoms with Gasteiger partial charge in [0, 0.05) is 6.20 Å². The molecule has 0 aliphatic heterocycles. The first-order valence-electron chi connectivity index (χ1n) is 4.99. The molecule has 0 saturated carbocycles. The first kappa shape index (κ1) is 14.4. The van der Waals surface area contributed by atoms with Crippen LogP contribution < -0.4 is 4.72 Å². The van der Waals surface area contributed by atoms with E-state index in [0.29, 0.717) is 0 Å². The molecule has 0 fully saturated rings. The van der Waals surface area contributed by atoms with Crippen molar-refractivity contribution in [2.24, 2.45) is 0 Å². The zero-order chi connectivity index (χ0) is 14.0. The molecule has 0 atom stereocenters. The van der Waals surface area contributed by atoms with Gasteiger partial charge in [-0.25, -0.2) is 13.4 Å². The molecule has 1 aromatic carbocycles. The molecule has 2 aromatic rings. The Morgan fingerprint density at radius 1 is 1.00 bits per heavy atom. The second-order valence-electron chi connectivity index (χ2n) is 3.49. The van der Waals surface area contributed by atoms with Crippen LogP contribution in [0.1, 0.15) is 0 Å². The second kappa shape index (κ2) is 5.54. The van der Waals surface area contributed by atoms with Crippen molar-refractivity contribution >= 4 is 50.6 Å². The highest BCUT2D eigenvalue weighted by atomic mass is 35.5. The third kappa shape index (κ3) is 3.12. The lowest BCUT2D eigenvalue weighted by Crippen LogP contribution is -2.14. The number of halogens is 3. The van der Waals surface area contributed by atoms with Gasteiger partial charge >= 0.3 is 0 Å². The lowest BCUT2D eigenvalue weighted by Gasteiger charge is -2.10. The number of aromatic nitrogens is 1. The van der Waals surface area contributed by atoms with Gasteiger partial charge in [-0.1, -0.05) is 40.9 Å². The Bertz CT molecular complexity index is 705. The van der Waals surface area contributed by atoms with Crippen molar-refractivity contribution < 1.29 is 8.42 Å². The van der Waals surface area contributed by atoms with Gasteiger partial charge in [0.1, 0.15) is 10.7 Å². The summed E-state index contributed by atoms with van der Waals surface area (Å²) in [6.07, 6.45) is 1.47. The molecule has 0 aliphatic carbocycles. The maximum absolute atomic E-state index is 12.1. The van der Waals surface area contributed by atoms with E-state index in [1.54, 1.807) is 12.1 Å². The van der Waals surface area contributed by atoms with E-state index in [4.69, 9.17) is 34.8 Å². The van der Waals surface area contributed by atoms with Gasteiger partial charge in [0.15, 0.2) is 0 Å². The Balaban J connectivity index is 2.44. The molecule has 19 heavy (non-hydrogen) atoms. The summed E-state index contributed by atoms with van der Waals surface area (Å²) in [4.78, 5) is 3.71. The minimum atomic E-state index is -3.87. The third-order valence-electron chi connectivity index (χ3n) is 2.19. The largest absolute Gasteiger partial charge is 0.264 e. The molecule has 8 heteroatoms. The normalized spacial score (nSPS) is 11.3. The SMILES string of the molecule is O=S(=O)(Nc1ccccn1)c1ccc(Cl)c(Cl)c1Cl. The van der Waals surface area contributed by atoms with Crippen LogP contribution in [-0.2, 0) is 10.0 Å². The fraction of sp³-hybridized carbons (Fsp3) is 0. The molecule has 1 N–H and O–H groups in total. The van der Waals surface area contributed by atoms with Crippen LogP contribution >= 0.6 is 34.8 Å². The van der Waals surface area contributed by atoms with Gasteiger partial charge in [-0.15, -0.1) is 0 Å². The lowest BCUT2D eigenvalue weighted by atomic mass is 10.4. The van der Waals surface area contributed by atoms with Gasteiger partial charge in [-0.2, -0.15) is 0 Å². The Morgan fingerprint density at radius 3 is 2.37 bits per heavy atom. The molecular formula is C11H7Cl3N2O2S. The first-order valence-corrected chi connectivity index (χ1v) is 7.61. The predicted molar refractivity (Wildman–Crippen MR) is 76.5 cm³/mol. The maximum atomic E-state index is 12.1. The fourth-order valence-electron chi connectivity index (χ4n) is 1.33. The Kier molecular flexibility index (Phi) is 4.20. The number of sulfonamides is 1. The minimum absolute atomic E-state index is 0.00720. The van der Waals surface area contributed by atoms with Gasteiger partial charge in [0.05, 0.1) is 15.1 Å². The number of nitrogens with one attached hydrogen (secondary N) is 1. The van der Waals surface area contributed by atoms with Crippen LogP contribution in [0.4, 0.5) is 5.82 Å². The molecule has 0 amide bonds. The summed E-state index contributed by atoms with van der Waals surface area (Å²) >= 11 is 17.5. The fourth-order valence-corrected chi connectivity index (χ4v) is 3.32. The van der Waals surface area contributed by atoms with Crippen LogP contribution in [0.3, 0.4) is 0 Å². The molecule has 0 bridgehead atoms. The van der Waals surface area contributed by atoms with E-state index >= 15 is 0 Å². The second-order valence-corrected chi connectivity index (χ2v) is 6.31. The Hall–Kier alpha value is -1.01. The highest BCUT2D eigenvalue weighted by Crippen LogP contribution is 2.35. The maximum Gasteiger partial charge on any atom is 0.264 e. The van der Waals surface area contributed by atoms with Crippen LogP contribution in [-0.4, -0.2) is 13.4 Å². The quantitative estimate of drug-likeness (QED) is 0.866. The summed E-state index contributed by atoms with van der Waals surface area (Å²) in [5.41, 5.74) is 0. The van der Waals surface area contributed by atoms with Crippen LogP contribution in [0.15, 0.2) is 41.4 Å². The van der Waals surface area contributed by atoms with Crippen LogP contribution in [0, 0.1) is 0 Å². The van der Waals surface area contributed by atoms with Crippen molar-refractivity contribution in [1.82, 2.24) is 4.98 Å². The Labute approximate surface area is 125 Å². The molecule has 1 heterocycles. The van der Waals surface area contributed by atoms with Crippen LogP contribution in [0.5, 0.6) is 0 Å². The lowest BCUT2D eigenvalue weighted by molar-refractivity contribution is 0.601. The summed E-state index contributed by atoms with van der Waals surface area (Å²) in [5.74, 6) is 0.185. The number of hydrogen-bond donors (Lipinski definition) is 1. The zero-order valence-electron chi connectivity index (χ0n) is 9.27. The average Bonchev–Trinajstić information content (AvgIpc) is 2.36. The highest BCUT2D eigenvalue weighted by molar-refractivity contribution is 7.92. The summed E-state index contributed by atoms with van der Waals surface area (Å²) in [6.45, 7) is 0. The molecular weight excluding hydrogens is 331 g/mol. The number of anilines is 1. The molecule has 0 spiro atoms. The highest BCUT2D eigenvalue weighted by Gasteiger charge is 2.21. The summed E-state index contributed by atoms with van der Waals surface area (Å²) in [6, 6.07) is 7.48. The third-order valence-corrected chi connectivity index (χ3v) is 5.00. The van der Waals surface area contributed by atoms with Crippen molar-refractivity contribution in [3.8, 4) is 0 Å². The average molecular weight is 338 g/mol.